The van der Waals surface area contributed by atoms with Gasteiger partial charge in [-0.15, -0.1) is 11.3 Å². The smallest absolute Gasteiger partial charge is 0.138 e. The Kier molecular flexibility index (Phi) is 3.41. The molecule has 86 valence electrons. The Morgan fingerprint density at radius 1 is 1.50 bits per heavy atom. The van der Waals surface area contributed by atoms with E-state index in [1.165, 1.54) is 10.4 Å². The van der Waals surface area contributed by atoms with E-state index in [2.05, 4.69) is 34.9 Å². The minimum atomic E-state index is 0.272. The summed E-state index contributed by atoms with van der Waals surface area (Å²) in [5.74, 6) is 0.906. The van der Waals surface area contributed by atoms with Crippen molar-refractivity contribution in [1.29, 1.82) is 0 Å². The second-order valence-electron chi connectivity index (χ2n) is 3.92. The van der Waals surface area contributed by atoms with E-state index in [-0.39, 0.29) is 6.04 Å². The van der Waals surface area contributed by atoms with Gasteiger partial charge in [0.05, 0.1) is 5.69 Å². The number of aromatic nitrogens is 1. The minimum absolute atomic E-state index is 0.272. The van der Waals surface area contributed by atoms with E-state index in [0.29, 0.717) is 0 Å². The SMILES string of the molecule is Cc1noc(C)c1C(C)NCc1cccs1. The average molecular weight is 236 g/mol. The maximum Gasteiger partial charge on any atom is 0.138 e. The maximum atomic E-state index is 5.17. The summed E-state index contributed by atoms with van der Waals surface area (Å²) in [6, 6.07) is 4.48. The summed E-state index contributed by atoms with van der Waals surface area (Å²) in [5.41, 5.74) is 2.15. The molecule has 16 heavy (non-hydrogen) atoms. The molecule has 0 radical (unpaired) electrons. The van der Waals surface area contributed by atoms with Crippen LogP contribution in [-0.2, 0) is 6.54 Å². The van der Waals surface area contributed by atoms with Crippen LogP contribution in [0.3, 0.4) is 0 Å². The molecule has 2 aromatic heterocycles. The summed E-state index contributed by atoms with van der Waals surface area (Å²) in [5, 5.41) is 9.54. The van der Waals surface area contributed by atoms with E-state index in [1.54, 1.807) is 11.3 Å². The van der Waals surface area contributed by atoms with E-state index >= 15 is 0 Å². The zero-order chi connectivity index (χ0) is 11.5. The summed E-state index contributed by atoms with van der Waals surface area (Å²) in [7, 11) is 0. The molecule has 0 aliphatic carbocycles. The Morgan fingerprint density at radius 3 is 2.88 bits per heavy atom. The molecule has 0 fully saturated rings. The lowest BCUT2D eigenvalue weighted by Gasteiger charge is -2.12. The number of hydrogen-bond acceptors (Lipinski definition) is 4. The lowest BCUT2D eigenvalue weighted by molar-refractivity contribution is 0.390. The highest BCUT2D eigenvalue weighted by Crippen LogP contribution is 2.21. The van der Waals surface area contributed by atoms with Gasteiger partial charge in [-0.3, -0.25) is 0 Å². The molecule has 0 saturated carbocycles. The molecule has 0 aromatic carbocycles. The maximum absolute atomic E-state index is 5.17. The molecule has 0 spiro atoms. The molecular weight excluding hydrogens is 220 g/mol. The monoisotopic (exact) mass is 236 g/mol. The zero-order valence-electron chi connectivity index (χ0n) is 9.78. The fraction of sp³-hybridized carbons (Fsp3) is 0.417. The van der Waals surface area contributed by atoms with Gasteiger partial charge in [-0.25, -0.2) is 0 Å². The first-order valence-electron chi connectivity index (χ1n) is 5.37. The van der Waals surface area contributed by atoms with Crippen LogP contribution in [-0.4, -0.2) is 5.16 Å². The predicted molar refractivity (Wildman–Crippen MR) is 65.6 cm³/mol. The number of hydrogen-bond donors (Lipinski definition) is 1. The van der Waals surface area contributed by atoms with Crippen molar-refractivity contribution in [3.63, 3.8) is 0 Å². The van der Waals surface area contributed by atoms with Crippen molar-refractivity contribution in [2.75, 3.05) is 0 Å². The number of nitrogens with one attached hydrogen (secondary N) is 1. The van der Waals surface area contributed by atoms with Crippen molar-refractivity contribution < 1.29 is 4.52 Å². The molecule has 3 nitrogen and oxygen atoms in total. The molecule has 2 heterocycles. The van der Waals surface area contributed by atoms with Gasteiger partial charge in [-0.2, -0.15) is 0 Å². The summed E-state index contributed by atoms with van der Waals surface area (Å²) in [6.45, 7) is 6.97. The largest absolute Gasteiger partial charge is 0.361 e. The van der Waals surface area contributed by atoms with Gasteiger partial charge in [-0.1, -0.05) is 11.2 Å². The highest BCUT2D eigenvalue weighted by Gasteiger charge is 2.15. The van der Waals surface area contributed by atoms with Gasteiger partial charge >= 0.3 is 0 Å². The average Bonchev–Trinajstić information content (AvgIpc) is 2.86. The Hall–Kier alpha value is -1.13. The topological polar surface area (TPSA) is 38.1 Å². The van der Waals surface area contributed by atoms with Crippen LogP contribution in [0.15, 0.2) is 22.0 Å². The van der Waals surface area contributed by atoms with Crippen molar-refractivity contribution in [3.8, 4) is 0 Å². The first-order valence-corrected chi connectivity index (χ1v) is 6.25. The number of nitrogens with zero attached hydrogens (tertiary/aromatic N) is 1. The van der Waals surface area contributed by atoms with Gasteiger partial charge in [0.15, 0.2) is 0 Å². The van der Waals surface area contributed by atoms with Gasteiger partial charge in [0, 0.05) is 23.0 Å². The molecule has 2 rings (SSSR count). The van der Waals surface area contributed by atoms with E-state index in [4.69, 9.17) is 4.52 Å². The lowest BCUT2D eigenvalue weighted by Crippen LogP contribution is -2.18. The Balaban J connectivity index is 2.01. The fourth-order valence-corrected chi connectivity index (χ4v) is 2.53. The first-order chi connectivity index (χ1) is 7.68. The van der Waals surface area contributed by atoms with Crippen molar-refractivity contribution in [1.82, 2.24) is 10.5 Å². The Labute approximate surface area is 99.5 Å². The number of aryl methyl sites for hydroxylation is 2. The van der Waals surface area contributed by atoms with E-state index in [0.717, 1.165) is 18.0 Å². The molecule has 1 atom stereocenters. The van der Waals surface area contributed by atoms with Crippen molar-refractivity contribution in [2.24, 2.45) is 0 Å². The van der Waals surface area contributed by atoms with Crippen LogP contribution in [0.4, 0.5) is 0 Å². The van der Waals surface area contributed by atoms with E-state index in [1.807, 2.05) is 13.8 Å². The second-order valence-corrected chi connectivity index (χ2v) is 4.95. The van der Waals surface area contributed by atoms with Crippen molar-refractivity contribution in [2.45, 2.75) is 33.4 Å². The Bertz CT molecular complexity index is 428. The molecule has 2 aromatic rings. The van der Waals surface area contributed by atoms with Crippen LogP contribution in [0.25, 0.3) is 0 Å². The van der Waals surface area contributed by atoms with Gasteiger partial charge in [-0.05, 0) is 32.2 Å². The zero-order valence-corrected chi connectivity index (χ0v) is 10.6. The van der Waals surface area contributed by atoms with E-state index < -0.39 is 0 Å². The van der Waals surface area contributed by atoms with Crippen LogP contribution in [0.1, 0.15) is 34.9 Å². The molecule has 0 saturated heterocycles. The van der Waals surface area contributed by atoms with Gasteiger partial charge in [0.2, 0.25) is 0 Å². The lowest BCUT2D eigenvalue weighted by atomic mass is 10.1. The van der Waals surface area contributed by atoms with Gasteiger partial charge in [0.25, 0.3) is 0 Å². The molecular formula is C12H16N2OS. The summed E-state index contributed by atoms with van der Waals surface area (Å²) in [4.78, 5) is 1.35. The third kappa shape index (κ3) is 2.33. The molecule has 1 N–H and O–H groups in total. The summed E-state index contributed by atoms with van der Waals surface area (Å²) >= 11 is 1.77. The highest BCUT2D eigenvalue weighted by atomic mass is 32.1. The van der Waals surface area contributed by atoms with Crippen LogP contribution >= 0.6 is 11.3 Å². The molecule has 0 aliphatic rings. The van der Waals surface area contributed by atoms with E-state index in [9.17, 15) is 0 Å². The number of thiophene rings is 1. The molecule has 0 bridgehead atoms. The summed E-state index contributed by atoms with van der Waals surface area (Å²) < 4.78 is 5.17. The molecule has 1 unspecified atom stereocenters. The quantitative estimate of drug-likeness (QED) is 0.885. The van der Waals surface area contributed by atoms with Crippen molar-refractivity contribution in [3.05, 3.63) is 39.4 Å². The van der Waals surface area contributed by atoms with Gasteiger partial charge < -0.3 is 9.84 Å². The third-order valence-electron chi connectivity index (χ3n) is 2.68. The third-order valence-corrected chi connectivity index (χ3v) is 3.56. The van der Waals surface area contributed by atoms with Crippen LogP contribution in [0.2, 0.25) is 0 Å². The Morgan fingerprint density at radius 2 is 2.31 bits per heavy atom. The molecule has 4 heteroatoms. The normalized spacial score (nSPS) is 12.9. The summed E-state index contributed by atoms with van der Waals surface area (Å²) in [6.07, 6.45) is 0. The number of rotatable bonds is 4. The van der Waals surface area contributed by atoms with Crippen LogP contribution in [0.5, 0.6) is 0 Å². The molecule has 0 aliphatic heterocycles. The highest BCUT2D eigenvalue weighted by molar-refractivity contribution is 7.09. The first kappa shape index (κ1) is 11.4. The van der Waals surface area contributed by atoms with Crippen LogP contribution in [0, 0.1) is 13.8 Å². The fourth-order valence-electron chi connectivity index (χ4n) is 1.88. The minimum Gasteiger partial charge on any atom is -0.361 e. The standard InChI is InChI=1S/C12H16N2OS/c1-8(12-9(2)14-15-10(12)3)13-7-11-5-4-6-16-11/h4-6,8,13H,7H2,1-3H3. The van der Waals surface area contributed by atoms with Crippen LogP contribution < -0.4 is 5.32 Å². The molecule has 0 amide bonds. The predicted octanol–water partition coefficient (Wildman–Crippen LogP) is 3.20. The van der Waals surface area contributed by atoms with Gasteiger partial charge in [0.1, 0.15) is 5.76 Å². The second kappa shape index (κ2) is 4.80. The van der Waals surface area contributed by atoms with Crippen molar-refractivity contribution >= 4 is 11.3 Å².